The van der Waals surface area contributed by atoms with E-state index in [1.165, 1.54) is 23.0 Å². The van der Waals surface area contributed by atoms with Gasteiger partial charge in [0.05, 0.1) is 16.6 Å². The highest BCUT2D eigenvalue weighted by atomic mass is 16.1. The predicted molar refractivity (Wildman–Crippen MR) is 164 cm³/mol. The molecular weight excluding hydrogens is 532 g/mol. The Hall–Kier alpha value is -6.02. The molecule has 0 atom stereocenters. The first-order chi connectivity index (χ1) is 20.2. The fourth-order valence-corrected chi connectivity index (χ4v) is 4.17. The van der Waals surface area contributed by atoms with Crippen LogP contribution in [0.15, 0.2) is 94.1 Å². The third kappa shape index (κ3) is 6.24. The molecule has 0 saturated carbocycles. The number of amides is 1. The van der Waals surface area contributed by atoms with Crippen molar-refractivity contribution in [2.24, 2.45) is 17.8 Å². The van der Waals surface area contributed by atoms with E-state index in [9.17, 15) is 14.4 Å². The molecule has 0 saturated heterocycles. The Morgan fingerprint density at radius 3 is 2.55 bits per heavy atom. The summed E-state index contributed by atoms with van der Waals surface area (Å²) in [6.07, 6.45) is 5.09. The van der Waals surface area contributed by atoms with Gasteiger partial charge in [0.1, 0.15) is 11.4 Å². The second kappa shape index (κ2) is 12.9. The fraction of sp³-hybridized carbons (Fsp3) is 0.0968. The second-order valence-corrected chi connectivity index (χ2v) is 8.83. The number of pyridine rings is 1. The van der Waals surface area contributed by atoms with Crippen molar-refractivity contribution < 1.29 is 4.79 Å². The van der Waals surface area contributed by atoms with Gasteiger partial charge in [0.25, 0.3) is 11.5 Å². The quantitative estimate of drug-likeness (QED) is 0.221. The molecule has 0 aliphatic carbocycles. The molecule has 3 aromatic heterocycles. The number of primary amides is 1. The van der Waals surface area contributed by atoms with Crippen LogP contribution < -0.4 is 22.6 Å². The highest BCUT2D eigenvalue weighted by molar-refractivity contribution is 6.02. The lowest BCUT2D eigenvalue weighted by molar-refractivity contribution is 0.100. The predicted octanol–water partition coefficient (Wildman–Crippen LogP) is 3.03. The maximum atomic E-state index is 13.4. The average Bonchev–Trinajstić information content (AvgIpc) is 3.27. The first-order valence-corrected chi connectivity index (χ1v) is 12.8. The van der Waals surface area contributed by atoms with E-state index in [1.807, 2.05) is 49.4 Å². The van der Waals surface area contributed by atoms with Crippen LogP contribution in [0.4, 0.5) is 11.6 Å². The highest BCUT2D eigenvalue weighted by Crippen LogP contribution is 2.23. The Bertz CT molecular complexity index is 1990. The molecule has 11 heteroatoms. The van der Waals surface area contributed by atoms with Crippen molar-refractivity contribution in [2.45, 2.75) is 13.3 Å². The van der Waals surface area contributed by atoms with Crippen LogP contribution in [0.1, 0.15) is 34.2 Å². The van der Waals surface area contributed by atoms with Crippen molar-refractivity contribution >= 4 is 34.7 Å². The van der Waals surface area contributed by atoms with Gasteiger partial charge in [-0.15, -0.1) is 0 Å². The van der Waals surface area contributed by atoms with Crippen molar-refractivity contribution in [3.8, 4) is 17.5 Å². The number of aromatic amines is 1. The van der Waals surface area contributed by atoms with Gasteiger partial charge in [-0.3, -0.25) is 19.0 Å². The smallest absolute Gasteiger partial charge is 0.267 e. The molecule has 11 nitrogen and oxygen atoms in total. The summed E-state index contributed by atoms with van der Waals surface area (Å²) in [5.41, 5.74) is 12.9. The average molecular weight is 561 g/mol. The highest BCUT2D eigenvalue weighted by Gasteiger charge is 2.17. The van der Waals surface area contributed by atoms with E-state index in [2.05, 4.69) is 33.5 Å². The number of para-hydroxylation sites is 1. The lowest BCUT2D eigenvalue weighted by Gasteiger charge is -2.13. The number of aliphatic imine (C=N–C) groups is 1. The number of carbonyl (C=O) groups is 1. The molecule has 0 bridgehead atoms. The number of aromatic nitrogens is 5. The number of hydrogen-bond donors (Lipinski definition) is 3. The van der Waals surface area contributed by atoms with Gasteiger partial charge < -0.3 is 16.5 Å². The van der Waals surface area contributed by atoms with Crippen molar-refractivity contribution in [3.05, 3.63) is 123 Å². The Kier molecular flexibility index (Phi) is 8.89. The van der Waals surface area contributed by atoms with Crippen LogP contribution in [0.5, 0.6) is 0 Å². The number of benzene rings is 2. The molecule has 5 rings (SSSR count). The normalized spacial score (nSPS) is 10.5. The van der Waals surface area contributed by atoms with Gasteiger partial charge in [-0.25, -0.2) is 14.7 Å². The van der Waals surface area contributed by atoms with Crippen LogP contribution >= 0.6 is 0 Å². The van der Waals surface area contributed by atoms with E-state index in [-0.39, 0.29) is 22.5 Å². The monoisotopic (exact) mass is 560 g/mol. The van der Waals surface area contributed by atoms with Crippen LogP contribution in [-0.2, 0) is 13.5 Å². The molecule has 210 valence electrons. The number of anilines is 1. The Morgan fingerprint density at radius 2 is 1.88 bits per heavy atom. The Labute approximate surface area is 240 Å². The van der Waals surface area contributed by atoms with Crippen molar-refractivity contribution in [3.63, 3.8) is 0 Å². The molecule has 2 aromatic carbocycles. The molecule has 0 fully saturated rings. The molecule has 42 heavy (non-hydrogen) atoms. The Balaban J connectivity index is 0.000000244. The van der Waals surface area contributed by atoms with Gasteiger partial charge >= 0.3 is 0 Å². The number of nitrogens with zero attached hydrogens (tertiary/aromatic N) is 5. The molecule has 3 heterocycles. The lowest BCUT2D eigenvalue weighted by atomic mass is 10.1. The molecule has 0 radical (unpaired) electrons. The van der Waals surface area contributed by atoms with Crippen LogP contribution in [0, 0.1) is 11.8 Å². The topological polar surface area (TPSA) is 167 Å². The van der Waals surface area contributed by atoms with E-state index in [4.69, 9.17) is 16.5 Å². The summed E-state index contributed by atoms with van der Waals surface area (Å²) >= 11 is 0. The van der Waals surface area contributed by atoms with E-state index in [0.29, 0.717) is 40.1 Å². The summed E-state index contributed by atoms with van der Waals surface area (Å²) in [7, 11) is 1.62. The zero-order valence-corrected chi connectivity index (χ0v) is 23.0. The molecule has 0 unspecified atom stereocenters. The summed E-state index contributed by atoms with van der Waals surface area (Å²) in [6.45, 7) is 5.44. The van der Waals surface area contributed by atoms with E-state index in [1.54, 1.807) is 29.9 Å². The van der Waals surface area contributed by atoms with E-state index >= 15 is 0 Å². The zero-order valence-electron chi connectivity index (χ0n) is 23.0. The van der Waals surface area contributed by atoms with Crippen LogP contribution in [0.2, 0.25) is 0 Å². The molecule has 5 aromatic rings. The number of allylic oxidation sites excluding steroid dienone is 1. The standard InChI is InChI=1S/C23H17N3O2.C8H11N5O/c1-2-20-25-19-10-6-7-17(12-11-16-13-14-24-21(27)15-16)22(19)23(28)26(20)18-8-4-3-5-9-18;1-3-4-11-8-5(7(10)14)6(9)12-13(8)2/h3-10,13-15H,2H2,1H3,(H,24,27);3-4H,1H2,2H3,(H2,9,12)(H2,10,14)/b;11-4-. The first kappa shape index (κ1) is 29.0. The minimum Gasteiger partial charge on any atom is -0.381 e. The van der Waals surface area contributed by atoms with Crippen LogP contribution in [0.25, 0.3) is 16.6 Å². The molecule has 5 N–H and O–H groups in total. The van der Waals surface area contributed by atoms with Crippen molar-refractivity contribution in [2.75, 3.05) is 5.73 Å². The van der Waals surface area contributed by atoms with E-state index in [0.717, 1.165) is 5.69 Å². The van der Waals surface area contributed by atoms with Crippen molar-refractivity contribution in [1.29, 1.82) is 0 Å². The molecular formula is C31H28N8O3. The van der Waals surface area contributed by atoms with Gasteiger partial charge in [-0.2, -0.15) is 5.10 Å². The molecule has 1 amide bonds. The number of nitrogen functional groups attached to an aromatic ring is 1. The second-order valence-electron chi connectivity index (χ2n) is 8.83. The third-order valence-electron chi connectivity index (χ3n) is 6.01. The summed E-state index contributed by atoms with van der Waals surface area (Å²) < 4.78 is 3.02. The summed E-state index contributed by atoms with van der Waals surface area (Å²) in [6, 6.07) is 18.1. The van der Waals surface area contributed by atoms with Gasteiger partial charge in [0.2, 0.25) is 5.56 Å². The van der Waals surface area contributed by atoms with Crippen molar-refractivity contribution in [1.82, 2.24) is 24.3 Å². The van der Waals surface area contributed by atoms with Crippen LogP contribution in [0.3, 0.4) is 0 Å². The maximum absolute atomic E-state index is 13.4. The van der Waals surface area contributed by atoms with Gasteiger partial charge in [-0.05, 0) is 30.3 Å². The molecule has 0 spiro atoms. The summed E-state index contributed by atoms with van der Waals surface area (Å²) in [5, 5.41) is 4.30. The molecule has 0 aliphatic rings. The third-order valence-corrected chi connectivity index (χ3v) is 6.01. The number of aryl methyl sites for hydroxylation is 2. The summed E-state index contributed by atoms with van der Waals surface area (Å²) in [5.74, 6) is 6.45. The Morgan fingerprint density at radius 1 is 1.12 bits per heavy atom. The SMILES string of the molecule is C=C/C=N\c1c(C(N)=O)c(N)nn1C.CCc1nc2cccc(C#Cc3cc[nH]c(=O)c3)c2c(=O)n1-c1ccccc1. The molecule has 0 aliphatic heterocycles. The summed E-state index contributed by atoms with van der Waals surface area (Å²) in [4.78, 5) is 47.1. The minimum absolute atomic E-state index is 0.0798. The van der Waals surface area contributed by atoms with Gasteiger partial charge in [0.15, 0.2) is 11.6 Å². The fourth-order valence-electron chi connectivity index (χ4n) is 4.17. The van der Waals surface area contributed by atoms with Crippen LogP contribution in [-0.4, -0.2) is 36.4 Å². The first-order valence-electron chi connectivity index (χ1n) is 12.8. The number of nitrogens with two attached hydrogens (primary N) is 2. The maximum Gasteiger partial charge on any atom is 0.267 e. The lowest BCUT2D eigenvalue weighted by Crippen LogP contribution is -2.24. The number of H-pyrrole nitrogens is 1. The van der Waals surface area contributed by atoms with Gasteiger partial charge in [-0.1, -0.05) is 55.7 Å². The largest absolute Gasteiger partial charge is 0.381 e. The van der Waals surface area contributed by atoms with Gasteiger partial charge in [0, 0.05) is 43.1 Å². The number of fused-ring (bicyclic) bond motifs is 1. The number of carbonyl (C=O) groups excluding carboxylic acids is 1. The zero-order chi connectivity index (χ0) is 30.2. The number of nitrogens with one attached hydrogen (secondary N) is 1. The minimum atomic E-state index is -0.646. The van der Waals surface area contributed by atoms with E-state index < -0.39 is 5.91 Å². The number of rotatable bonds is 5. The number of hydrogen-bond acceptors (Lipinski definition) is 7.